The van der Waals surface area contributed by atoms with Crippen LogP contribution in [0.1, 0.15) is 28.5 Å². The molecule has 0 aromatic carbocycles. The minimum absolute atomic E-state index is 0.0533. The molecule has 0 radical (unpaired) electrons. The lowest BCUT2D eigenvalue weighted by atomic mass is 10.1. The number of ketones is 1. The monoisotopic (exact) mass is 477 g/mol. The van der Waals surface area contributed by atoms with Gasteiger partial charge >= 0.3 is 12.4 Å². The molecule has 0 spiro atoms. The SMILES string of the molecule is CC(=O)c1ccc(C(F)(F)F)c(-c2ccc3c(Nc4ccc(C(F)(F)F)cn4)ccnc3n2)n1. The van der Waals surface area contributed by atoms with Crippen molar-refractivity contribution >= 4 is 28.3 Å². The molecule has 6 nitrogen and oxygen atoms in total. The lowest BCUT2D eigenvalue weighted by molar-refractivity contribution is -0.138. The number of halogens is 6. The Morgan fingerprint density at radius 1 is 0.853 bits per heavy atom. The van der Waals surface area contributed by atoms with Gasteiger partial charge in [0.2, 0.25) is 0 Å². The summed E-state index contributed by atoms with van der Waals surface area (Å²) in [6.07, 6.45) is -7.26. The van der Waals surface area contributed by atoms with Crippen molar-refractivity contribution in [2.24, 2.45) is 0 Å². The minimum Gasteiger partial charge on any atom is -0.340 e. The summed E-state index contributed by atoms with van der Waals surface area (Å²) in [7, 11) is 0. The van der Waals surface area contributed by atoms with Crippen molar-refractivity contribution in [2.75, 3.05) is 5.32 Å². The van der Waals surface area contributed by atoms with E-state index in [0.29, 0.717) is 17.3 Å². The zero-order valence-electron chi connectivity index (χ0n) is 17.2. The van der Waals surface area contributed by atoms with Crippen LogP contribution >= 0.6 is 0 Å². The third-order valence-electron chi connectivity index (χ3n) is 4.76. The molecule has 0 aliphatic carbocycles. The maximum absolute atomic E-state index is 13.5. The molecular weight excluding hydrogens is 464 g/mol. The van der Waals surface area contributed by atoms with Crippen molar-refractivity contribution in [1.29, 1.82) is 0 Å². The Labute approximate surface area is 187 Å². The van der Waals surface area contributed by atoms with E-state index in [1.807, 2.05) is 0 Å². The zero-order valence-corrected chi connectivity index (χ0v) is 17.2. The van der Waals surface area contributed by atoms with E-state index in [-0.39, 0.29) is 22.9 Å². The molecule has 4 aromatic rings. The summed E-state index contributed by atoms with van der Waals surface area (Å²) in [5.74, 6) is -0.399. The number of aromatic nitrogens is 4. The zero-order chi connectivity index (χ0) is 24.7. The van der Waals surface area contributed by atoms with E-state index in [1.165, 1.54) is 31.3 Å². The number of fused-ring (bicyclic) bond motifs is 1. The van der Waals surface area contributed by atoms with E-state index < -0.39 is 35.0 Å². The van der Waals surface area contributed by atoms with E-state index in [2.05, 4.69) is 25.3 Å². The largest absolute Gasteiger partial charge is 0.418 e. The highest BCUT2D eigenvalue weighted by atomic mass is 19.4. The van der Waals surface area contributed by atoms with Crippen LogP contribution in [0.15, 0.2) is 54.9 Å². The molecule has 0 amide bonds. The van der Waals surface area contributed by atoms with Crippen molar-refractivity contribution in [3.63, 3.8) is 0 Å². The second-order valence-corrected chi connectivity index (χ2v) is 7.13. The normalized spacial score (nSPS) is 12.1. The lowest BCUT2D eigenvalue weighted by Gasteiger charge is -2.14. The average molecular weight is 477 g/mol. The van der Waals surface area contributed by atoms with Gasteiger partial charge in [-0.05, 0) is 42.5 Å². The molecule has 12 heteroatoms. The highest BCUT2D eigenvalue weighted by molar-refractivity contribution is 5.94. The van der Waals surface area contributed by atoms with E-state index >= 15 is 0 Å². The van der Waals surface area contributed by atoms with Crippen molar-refractivity contribution in [1.82, 2.24) is 19.9 Å². The Kier molecular flexibility index (Phi) is 5.67. The van der Waals surface area contributed by atoms with Crippen molar-refractivity contribution < 1.29 is 31.1 Å². The molecule has 0 saturated carbocycles. The van der Waals surface area contributed by atoms with Gasteiger partial charge in [0.1, 0.15) is 17.2 Å². The van der Waals surface area contributed by atoms with Gasteiger partial charge in [0, 0.05) is 24.7 Å². The van der Waals surface area contributed by atoms with Gasteiger partial charge in [0.25, 0.3) is 0 Å². The average Bonchev–Trinajstić information content (AvgIpc) is 2.77. The van der Waals surface area contributed by atoms with Crippen LogP contribution in [0, 0.1) is 0 Å². The standard InChI is InChI=1S/C22H13F6N5O/c1-11(34)15-6-4-14(22(26,27)28)19(32-15)17-5-3-13-16(8-9-29-20(13)33-17)31-18-7-2-12(10-30-18)21(23,24)25/h2-10H,1H3,(H,29,30,31,33). The molecule has 4 aromatic heterocycles. The molecule has 0 fully saturated rings. The summed E-state index contributed by atoms with van der Waals surface area (Å²) in [6, 6.07) is 8.01. The number of Topliss-reactive ketones (excluding diaryl/α,β-unsaturated/α-hetero) is 1. The third kappa shape index (κ3) is 4.65. The Bertz CT molecular complexity index is 1380. The van der Waals surface area contributed by atoms with Gasteiger partial charge in [-0.1, -0.05) is 0 Å². The first-order valence-corrected chi connectivity index (χ1v) is 9.59. The molecule has 0 atom stereocenters. The van der Waals surface area contributed by atoms with Crippen molar-refractivity contribution in [2.45, 2.75) is 19.3 Å². The highest BCUT2D eigenvalue weighted by Crippen LogP contribution is 2.36. The number of alkyl halides is 6. The van der Waals surface area contributed by atoms with Crippen LogP contribution in [0.2, 0.25) is 0 Å². The molecule has 4 heterocycles. The maximum Gasteiger partial charge on any atom is 0.418 e. The van der Waals surface area contributed by atoms with Crippen molar-refractivity contribution in [3.8, 4) is 11.4 Å². The number of carbonyl (C=O) groups excluding carboxylic acids is 1. The second kappa shape index (κ2) is 8.36. The molecule has 0 bridgehead atoms. The number of carbonyl (C=O) groups is 1. The predicted octanol–water partition coefficient (Wildman–Crippen LogP) is 6.07. The second-order valence-electron chi connectivity index (χ2n) is 7.13. The summed E-state index contributed by atoms with van der Waals surface area (Å²) in [6.45, 7) is 1.18. The number of anilines is 2. The molecule has 0 saturated heterocycles. The number of pyridine rings is 4. The lowest BCUT2D eigenvalue weighted by Crippen LogP contribution is -2.11. The fourth-order valence-electron chi connectivity index (χ4n) is 3.12. The quantitative estimate of drug-likeness (QED) is 0.284. The number of hydrogen-bond acceptors (Lipinski definition) is 6. The third-order valence-corrected chi connectivity index (χ3v) is 4.76. The van der Waals surface area contributed by atoms with Crippen LogP contribution in [0.25, 0.3) is 22.4 Å². The van der Waals surface area contributed by atoms with Crippen LogP contribution in [0.4, 0.5) is 37.8 Å². The Balaban J connectivity index is 1.75. The Morgan fingerprint density at radius 2 is 1.62 bits per heavy atom. The molecule has 0 aliphatic heterocycles. The van der Waals surface area contributed by atoms with Gasteiger partial charge in [-0.15, -0.1) is 0 Å². The summed E-state index contributed by atoms with van der Waals surface area (Å²) >= 11 is 0. The predicted molar refractivity (Wildman–Crippen MR) is 110 cm³/mol. The van der Waals surface area contributed by atoms with Crippen LogP contribution in [-0.2, 0) is 12.4 Å². The number of nitrogens with zero attached hydrogens (tertiary/aromatic N) is 4. The summed E-state index contributed by atoms with van der Waals surface area (Å²) in [5, 5.41) is 3.22. The molecular formula is C22H13F6N5O. The van der Waals surface area contributed by atoms with E-state index in [4.69, 9.17) is 0 Å². The molecule has 4 rings (SSSR count). The van der Waals surface area contributed by atoms with Gasteiger partial charge < -0.3 is 5.32 Å². The summed E-state index contributed by atoms with van der Waals surface area (Å²) in [5.41, 5.74) is -2.37. The first-order chi connectivity index (χ1) is 15.9. The van der Waals surface area contributed by atoms with Gasteiger partial charge in [-0.2, -0.15) is 26.3 Å². The van der Waals surface area contributed by atoms with Gasteiger partial charge in [0.15, 0.2) is 11.4 Å². The molecule has 1 N–H and O–H groups in total. The van der Waals surface area contributed by atoms with Gasteiger partial charge in [-0.3, -0.25) is 4.79 Å². The van der Waals surface area contributed by atoms with Crippen LogP contribution in [0.5, 0.6) is 0 Å². The number of hydrogen-bond donors (Lipinski definition) is 1. The minimum atomic E-state index is -4.74. The molecule has 174 valence electrons. The topological polar surface area (TPSA) is 80.7 Å². The highest BCUT2D eigenvalue weighted by Gasteiger charge is 2.35. The van der Waals surface area contributed by atoms with Crippen molar-refractivity contribution in [3.05, 3.63) is 71.7 Å². The molecule has 0 unspecified atom stereocenters. The number of rotatable bonds is 4. The van der Waals surface area contributed by atoms with Crippen LogP contribution in [-0.4, -0.2) is 25.7 Å². The first kappa shape index (κ1) is 23.1. The van der Waals surface area contributed by atoms with Crippen LogP contribution in [0.3, 0.4) is 0 Å². The Hall–Kier alpha value is -4.09. The molecule has 0 aliphatic rings. The fraction of sp³-hybridized carbons (Fsp3) is 0.136. The number of nitrogens with one attached hydrogen (secondary N) is 1. The van der Waals surface area contributed by atoms with E-state index in [9.17, 15) is 31.1 Å². The van der Waals surface area contributed by atoms with E-state index in [0.717, 1.165) is 24.3 Å². The first-order valence-electron chi connectivity index (χ1n) is 9.59. The molecule has 34 heavy (non-hydrogen) atoms. The smallest absolute Gasteiger partial charge is 0.340 e. The van der Waals surface area contributed by atoms with Crippen LogP contribution < -0.4 is 5.32 Å². The summed E-state index contributed by atoms with van der Waals surface area (Å²) < 4.78 is 78.8. The van der Waals surface area contributed by atoms with Gasteiger partial charge in [0.05, 0.1) is 22.5 Å². The summed E-state index contributed by atoms with van der Waals surface area (Å²) in [4.78, 5) is 27.5. The van der Waals surface area contributed by atoms with Gasteiger partial charge in [-0.25, -0.2) is 19.9 Å². The maximum atomic E-state index is 13.5. The van der Waals surface area contributed by atoms with E-state index in [1.54, 1.807) is 0 Å². The fourth-order valence-corrected chi connectivity index (χ4v) is 3.12. The Morgan fingerprint density at radius 3 is 2.24 bits per heavy atom.